The van der Waals surface area contributed by atoms with Crippen LogP contribution in [0.3, 0.4) is 0 Å². The second-order valence-corrected chi connectivity index (χ2v) is 5.70. The predicted octanol–water partition coefficient (Wildman–Crippen LogP) is 4.55. The highest BCUT2D eigenvalue weighted by Gasteiger charge is 2.48. The Hall–Kier alpha value is -2.26. The molecule has 152 valence electrons. The molecule has 0 aliphatic heterocycles. The standard InChI is InChI=1S/C17H19F6NO3/c1-2-10-24-13(25)8-5-9-14(26)27-15(17(21,22)23)11-6-3-4-7-12(11)16(18,19)20/h3-4,6-7,15H,2,5,8-10H2,1H3,(H,24,25)/t15-/m0/s1. The lowest BCUT2D eigenvalue weighted by molar-refractivity contribution is -0.226. The van der Waals surface area contributed by atoms with Gasteiger partial charge in [-0.25, -0.2) is 0 Å². The molecule has 0 aliphatic rings. The number of carbonyl (C=O) groups is 2. The summed E-state index contributed by atoms with van der Waals surface area (Å²) >= 11 is 0. The maximum absolute atomic E-state index is 13.2. The first-order valence-corrected chi connectivity index (χ1v) is 8.15. The lowest BCUT2D eigenvalue weighted by Crippen LogP contribution is -2.28. The Morgan fingerprint density at radius 2 is 1.70 bits per heavy atom. The molecular weight excluding hydrogens is 380 g/mol. The summed E-state index contributed by atoms with van der Waals surface area (Å²) in [6, 6.07) is 3.04. The van der Waals surface area contributed by atoms with E-state index < -0.39 is 42.0 Å². The van der Waals surface area contributed by atoms with Crippen LogP contribution in [0, 0.1) is 0 Å². The van der Waals surface area contributed by atoms with Crippen LogP contribution in [-0.2, 0) is 20.5 Å². The van der Waals surface area contributed by atoms with Crippen LogP contribution in [0.1, 0.15) is 49.8 Å². The van der Waals surface area contributed by atoms with E-state index in [1.54, 1.807) is 0 Å². The zero-order valence-corrected chi connectivity index (χ0v) is 14.4. The van der Waals surface area contributed by atoms with E-state index in [0.717, 1.165) is 12.1 Å². The summed E-state index contributed by atoms with van der Waals surface area (Å²) < 4.78 is 82.9. The molecule has 0 heterocycles. The lowest BCUT2D eigenvalue weighted by Gasteiger charge is -2.24. The van der Waals surface area contributed by atoms with Gasteiger partial charge in [-0.2, -0.15) is 26.3 Å². The summed E-state index contributed by atoms with van der Waals surface area (Å²) in [6.07, 6.45) is -13.3. The van der Waals surface area contributed by atoms with Crippen molar-refractivity contribution in [3.05, 3.63) is 35.4 Å². The zero-order valence-electron chi connectivity index (χ0n) is 14.4. The summed E-state index contributed by atoms with van der Waals surface area (Å²) in [5.41, 5.74) is -2.72. The highest BCUT2D eigenvalue weighted by atomic mass is 19.4. The van der Waals surface area contributed by atoms with Crippen molar-refractivity contribution in [2.75, 3.05) is 6.54 Å². The van der Waals surface area contributed by atoms with Crippen LogP contribution in [0.15, 0.2) is 24.3 Å². The molecule has 0 aliphatic carbocycles. The van der Waals surface area contributed by atoms with Gasteiger partial charge in [0, 0.05) is 24.9 Å². The Morgan fingerprint density at radius 3 is 2.26 bits per heavy atom. The fourth-order valence-corrected chi connectivity index (χ4v) is 2.23. The van der Waals surface area contributed by atoms with Crippen LogP contribution < -0.4 is 5.32 Å². The first kappa shape index (κ1) is 22.8. The minimum atomic E-state index is -5.23. The molecule has 0 bridgehead atoms. The molecule has 0 unspecified atom stereocenters. The molecule has 10 heteroatoms. The van der Waals surface area contributed by atoms with Gasteiger partial charge in [-0.15, -0.1) is 0 Å². The summed E-state index contributed by atoms with van der Waals surface area (Å²) in [4.78, 5) is 23.1. The van der Waals surface area contributed by atoms with Gasteiger partial charge < -0.3 is 10.1 Å². The number of halogens is 6. The molecule has 1 N–H and O–H groups in total. The summed E-state index contributed by atoms with van der Waals surface area (Å²) in [7, 11) is 0. The van der Waals surface area contributed by atoms with Crippen molar-refractivity contribution < 1.29 is 40.7 Å². The molecule has 0 aromatic heterocycles. The molecule has 4 nitrogen and oxygen atoms in total. The number of benzene rings is 1. The van der Waals surface area contributed by atoms with Crippen molar-refractivity contribution in [2.45, 2.75) is 51.1 Å². The Morgan fingerprint density at radius 1 is 1.07 bits per heavy atom. The monoisotopic (exact) mass is 399 g/mol. The minimum Gasteiger partial charge on any atom is -0.448 e. The third-order valence-corrected chi connectivity index (χ3v) is 3.45. The van der Waals surface area contributed by atoms with E-state index in [0.29, 0.717) is 25.1 Å². The SMILES string of the molecule is CCCNC(=O)CCCC(=O)O[C@@H](c1ccccc1C(F)(F)F)C(F)(F)F. The molecule has 1 atom stereocenters. The minimum absolute atomic E-state index is 0.0835. The first-order chi connectivity index (χ1) is 12.5. The topological polar surface area (TPSA) is 55.4 Å². The van der Waals surface area contributed by atoms with E-state index >= 15 is 0 Å². The van der Waals surface area contributed by atoms with Crippen molar-refractivity contribution in [1.82, 2.24) is 5.32 Å². The van der Waals surface area contributed by atoms with Crippen LogP contribution in [-0.4, -0.2) is 24.6 Å². The van der Waals surface area contributed by atoms with Gasteiger partial charge in [0.1, 0.15) is 0 Å². The maximum Gasteiger partial charge on any atom is 0.429 e. The van der Waals surface area contributed by atoms with Gasteiger partial charge in [0.15, 0.2) is 0 Å². The number of esters is 1. The van der Waals surface area contributed by atoms with E-state index in [1.165, 1.54) is 0 Å². The third kappa shape index (κ3) is 7.48. The number of hydrogen-bond acceptors (Lipinski definition) is 3. The molecule has 1 rings (SSSR count). The van der Waals surface area contributed by atoms with Crippen LogP contribution in [0.2, 0.25) is 0 Å². The van der Waals surface area contributed by atoms with Crippen LogP contribution in [0.25, 0.3) is 0 Å². The smallest absolute Gasteiger partial charge is 0.429 e. The number of alkyl halides is 6. The molecule has 0 fully saturated rings. The second-order valence-electron chi connectivity index (χ2n) is 5.70. The zero-order chi connectivity index (χ0) is 20.7. The number of hydrogen-bond donors (Lipinski definition) is 1. The molecule has 1 aromatic carbocycles. The fraction of sp³-hybridized carbons (Fsp3) is 0.529. The Labute approximate surface area is 151 Å². The number of rotatable bonds is 8. The Bertz CT molecular complexity index is 642. The summed E-state index contributed by atoms with van der Waals surface area (Å²) in [6.45, 7) is 2.25. The molecule has 1 amide bonds. The highest BCUT2D eigenvalue weighted by molar-refractivity contribution is 5.77. The summed E-state index contributed by atoms with van der Waals surface area (Å²) in [5.74, 6) is -1.71. The molecular formula is C17H19F6NO3. The summed E-state index contributed by atoms with van der Waals surface area (Å²) in [5, 5.41) is 2.52. The van der Waals surface area contributed by atoms with Gasteiger partial charge in [-0.05, 0) is 18.9 Å². The fourth-order valence-electron chi connectivity index (χ4n) is 2.23. The Balaban J connectivity index is 2.84. The molecule has 1 aromatic rings. The molecule has 0 saturated carbocycles. The van der Waals surface area contributed by atoms with Gasteiger partial charge in [0.25, 0.3) is 0 Å². The van der Waals surface area contributed by atoms with Crippen molar-refractivity contribution in [2.24, 2.45) is 0 Å². The number of nitrogens with one attached hydrogen (secondary N) is 1. The third-order valence-electron chi connectivity index (χ3n) is 3.45. The van der Waals surface area contributed by atoms with Gasteiger partial charge in [-0.3, -0.25) is 9.59 Å². The normalized spacial score (nSPS) is 13.1. The Kier molecular flexibility index (Phi) is 8.11. The first-order valence-electron chi connectivity index (χ1n) is 8.15. The number of carbonyl (C=O) groups excluding carboxylic acids is 2. The second kappa shape index (κ2) is 9.61. The largest absolute Gasteiger partial charge is 0.448 e. The predicted molar refractivity (Wildman–Crippen MR) is 83.5 cm³/mol. The van der Waals surface area contributed by atoms with E-state index in [-0.39, 0.29) is 18.7 Å². The van der Waals surface area contributed by atoms with Gasteiger partial charge >= 0.3 is 18.3 Å². The van der Waals surface area contributed by atoms with Gasteiger partial charge in [0.05, 0.1) is 5.56 Å². The van der Waals surface area contributed by atoms with E-state index in [1.807, 2.05) is 6.92 Å². The maximum atomic E-state index is 13.2. The number of ether oxygens (including phenoxy) is 1. The van der Waals surface area contributed by atoms with Crippen LogP contribution in [0.4, 0.5) is 26.3 Å². The van der Waals surface area contributed by atoms with Gasteiger partial charge in [-0.1, -0.05) is 25.1 Å². The highest BCUT2D eigenvalue weighted by Crippen LogP contribution is 2.42. The van der Waals surface area contributed by atoms with Crippen LogP contribution in [0.5, 0.6) is 0 Å². The van der Waals surface area contributed by atoms with E-state index in [4.69, 9.17) is 0 Å². The van der Waals surface area contributed by atoms with Crippen molar-refractivity contribution in [1.29, 1.82) is 0 Å². The number of amides is 1. The average Bonchev–Trinajstić information content (AvgIpc) is 2.56. The molecule has 0 saturated heterocycles. The van der Waals surface area contributed by atoms with Crippen molar-refractivity contribution in [3.8, 4) is 0 Å². The molecule has 0 spiro atoms. The molecule has 27 heavy (non-hydrogen) atoms. The molecule has 0 radical (unpaired) electrons. The average molecular weight is 399 g/mol. The van der Waals surface area contributed by atoms with E-state index in [2.05, 4.69) is 10.1 Å². The van der Waals surface area contributed by atoms with Gasteiger partial charge in [0.2, 0.25) is 12.0 Å². The van der Waals surface area contributed by atoms with Crippen LogP contribution >= 0.6 is 0 Å². The van der Waals surface area contributed by atoms with Crippen molar-refractivity contribution >= 4 is 11.9 Å². The van der Waals surface area contributed by atoms with E-state index in [9.17, 15) is 35.9 Å². The lowest BCUT2D eigenvalue weighted by atomic mass is 10.0. The quantitative estimate of drug-likeness (QED) is 0.516. The van der Waals surface area contributed by atoms with Crippen molar-refractivity contribution in [3.63, 3.8) is 0 Å².